The molecule has 0 saturated heterocycles. The number of benzene rings is 1. The number of halogens is 3. The third kappa shape index (κ3) is 4.29. The summed E-state index contributed by atoms with van der Waals surface area (Å²) < 4.78 is 38.2. The molecule has 0 radical (unpaired) electrons. The molecular weight excluding hydrogens is 327 g/mol. The quantitative estimate of drug-likeness (QED) is 0.491. The van der Waals surface area contributed by atoms with E-state index in [0.717, 1.165) is 23.1 Å². The number of carbonyl (C=O) groups is 1. The Hall–Kier alpha value is -2.41. The molecule has 0 aliphatic rings. The van der Waals surface area contributed by atoms with E-state index in [2.05, 4.69) is 4.99 Å². The summed E-state index contributed by atoms with van der Waals surface area (Å²) in [5, 5.41) is 11.6. The maximum absolute atomic E-state index is 12.7. The molecule has 120 valence electrons. The normalized spacial score (nSPS) is 13.2. The Morgan fingerprint density at radius 1 is 1.22 bits per heavy atom. The lowest BCUT2D eigenvalue weighted by Crippen LogP contribution is -2.26. The third-order valence-corrected chi connectivity index (χ3v) is 3.77. The standard InChI is InChI=1S/C16H12F3NO2S/c1-10-4-6-11(7-5-10)20-9-12(15(22)16(17,18)19)14(21)13-3-2-8-23-13/h2-9,21H,1H3/b14-12-,20-9?. The maximum Gasteiger partial charge on any atom is 0.455 e. The summed E-state index contributed by atoms with van der Waals surface area (Å²) in [6, 6.07) is 9.65. The molecule has 0 bridgehead atoms. The monoisotopic (exact) mass is 339 g/mol. The Morgan fingerprint density at radius 2 is 1.87 bits per heavy atom. The van der Waals surface area contributed by atoms with Crippen LogP contribution in [-0.4, -0.2) is 23.3 Å². The van der Waals surface area contributed by atoms with Crippen molar-refractivity contribution in [1.82, 2.24) is 0 Å². The van der Waals surface area contributed by atoms with Crippen molar-refractivity contribution in [1.29, 1.82) is 0 Å². The van der Waals surface area contributed by atoms with E-state index in [1.807, 2.05) is 6.92 Å². The summed E-state index contributed by atoms with van der Waals surface area (Å²) in [5.41, 5.74) is 0.454. The molecule has 2 aromatic rings. The van der Waals surface area contributed by atoms with Gasteiger partial charge in [0.05, 0.1) is 16.1 Å². The molecule has 7 heteroatoms. The highest BCUT2D eigenvalue weighted by molar-refractivity contribution is 7.11. The smallest absolute Gasteiger partial charge is 0.455 e. The Balaban J connectivity index is 2.44. The molecule has 0 amide bonds. The second kappa shape index (κ2) is 6.78. The van der Waals surface area contributed by atoms with Crippen molar-refractivity contribution in [3.63, 3.8) is 0 Å². The first-order valence-corrected chi connectivity index (χ1v) is 7.36. The van der Waals surface area contributed by atoms with Crippen LogP contribution >= 0.6 is 11.3 Å². The highest BCUT2D eigenvalue weighted by Gasteiger charge is 2.41. The van der Waals surface area contributed by atoms with Gasteiger partial charge < -0.3 is 5.11 Å². The first-order valence-electron chi connectivity index (χ1n) is 6.48. The second-order valence-corrected chi connectivity index (χ2v) is 5.61. The fourth-order valence-corrected chi connectivity index (χ4v) is 2.38. The van der Waals surface area contributed by atoms with Crippen molar-refractivity contribution in [2.45, 2.75) is 13.1 Å². The lowest BCUT2D eigenvalue weighted by Gasteiger charge is -2.08. The maximum atomic E-state index is 12.7. The molecule has 0 fully saturated rings. The molecule has 0 aliphatic heterocycles. The number of hydrogen-bond acceptors (Lipinski definition) is 4. The molecular formula is C16H12F3NO2S. The van der Waals surface area contributed by atoms with E-state index in [-0.39, 0.29) is 4.88 Å². The molecule has 1 aromatic heterocycles. The van der Waals surface area contributed by atoms with Crippen LogP contribution in [-0.2, 0) is 4.79 Å². The van der Waals surface area contributed by atoms with E-state index in [1.165, 1.54) is 6.07 Å². The third-order valence-electron chi connectivity index (χ3n) is 2.89. The summed E-state index contributed by atoms with van der Waals surface area (Å²) in [5.74, 6) is -2.88. The Bertz CT molecular complexity index is 745. The first-order chi connectivity index (χ1) is 10.8. The Labute approximate surface area is 134 Å². The zero-order valence-electron chi connectivity index (χ0n) is 12.0. The topological polar surface area (TPSA) is 49.7 Å². The lowest BCUT2D eigenvalue weighted by molar-refractivity contribution is -0.165. The van der Waals surface area contributed by atoms with Gasteiger partial charge in [0.1, 0.15) is 5.76 Å². The van der Waals surface area contributed by atoms with E-state index in [0.29, 0.717) is 5.69 Å². The molecule has 2 rings (SSSR count). The van der Waals surface area contributed by atoms with Gasteiger partial charge >= 0.3 is 6.18 Å². The van der Waals surface area contributed by atoms with E-state index in [1.54, 1.807) is 35.7 Å². The number of nitrogens with zero attached hydrogens (tertiary/aromatic N) is 1. The minimum absolute atomic E-state index is 0.160. The summed E-state index contributed by atoms with van der Waals surface area (Å²) in [7, 11) is 0. The van der Waals surface area contributed by atoms with Crippen LogP contribution in [0.4, 0.5) is 18.9 Å². The molecule has 23 heavy (non-hydrogen) atoms. The number of allylic oxidation sites excluding steroid dienone is 1. The van der Waals surface area contributed by atoms with Gasteiger partial charge in [-0.3, -0.25) is 9.79 Å². The second-order valence-electron chi connectivity index (χ2n) is 4.66. The van der Waals surface area contributed by atoms with Gasteiger partial charge in [0.2, 0.25) is 0 Å². The number of rotatable bonds is 4. The van der Waals surface area contributed by atoms with E-state index in [4.69, 9.17) is 0 Å². The van der Waals surface area contributed by atoms with Crippen LogP contribution in [0.1, 0.15) is 10.4 Å². The average molecular weight is 339 g/mol. The van der Waals surface area contributed by atoms with Crippen molar-refractivity contribution in [3.8, 4) is 0 Å². The number of aliphatic imine (C=N–C) groups is 1. The van der Waals surface area contributed by atoms with Gasteiger partial charge in [-0.05, 0) is 30.5 Å². The van der Waals surface area contributed by atoms with Gasteiger partial charge in [0.15, 0.2) is 0 Å². The molecule has 0 aliphatic carbocycles. The predicted molar refractivity (Wildman–Crippen MR) is 84.3 cm³/mol. The number of carbonyl (C=O) groups excluding carboxylic acids is 1. The van der Waals surface area contributed by atoms with E-state index < -0.39 is 23.3 Å². The number of Topliss-reactive ketones (excluding diaryl/α,β-unsaturated/α-hetero) is 1. The molecule has 3 nitrogen and oxygen atoms in total. The number of hydrogen-bond donors (Lipinski definition) is 1. The number of thiophene rings is 1. The van der Waals surface area contributed by atoms with Crippen LogP contribution in [0.3, 0.4) is 0 Å². The molecule has 1 heterocycles. The van der Waals surface area contributed by atoms with Gasteiger partial charge in [-0.2, -0.15) is 13.2 Å². The van der Waals surface area contributed by atoms with Crippen molar-refractivity contribution in [2.24, 2.45) is 4.99 Å². The number of aryl methyl sites for hydroxylation is 1. The molecule has 0 unspecified atom stereocenters. The van der Waals surface area contributed by atoms with Crippen LogP contribution in [0.2, 0.25) is 0 Å². The summed E-state index contributed by atoms with van der Waals surface area (Å²) >= 11 is 1.02. The summed E-state index contributed by atoms with van der Waals surface area (Å²) in [6.45, 7) is 1.86. The van der Waals surface area contributed by atoms with Gasteiger partial charge in [-0.15, -0.1) is 11.3 Å². The van der Waals surface area contributed by atoms with Crippen molar-refractivity contribution < 1.29 is 23.1 Å². The lowest BCUT2D eigenvalue weighted by atomic mass is 10.1. The number of alkyl halides is 3. The Kier molecular flexibility index (Phi) is 5.00. The molecule has 0 saturated carbocycles. The van der Waals surface area contributed by atoms with Gasteiger partial charge in [-0.25, -0.2) is 0 Å². The average Bonchev–Trinajstić information content (AvgIpc) is 3.02. The SMILES string of the molecule is Cc1ccc(N=C/C(C(=O)C(F)(F)F)=C(/O)c2cccs2)cc1. The molecule has 1 aromatic carbocycles. The van der Waals surface area contributed by atoms with Crippen LogP contribution in [0.5, 0.6) is 0 Å². The predicted octanol–water partition coefficient (Wildman–Crippen LogP) is 4.86. The van der Waals surface area contributed by atoms with Crippen LogP contribution in [0.15, 0.2) is 52.3 Å². The van der Waals surface area contributed by atoms with E-state index in [9.17, 15) is 23.1 Å². The fraction of sp³-hybridized carbons (Fsp3) is 0.125. The van der Waals surface area contributed by atoms with Crippen LogP contribution in [0.25, 0.3) is 5.76 Å². The molecule has 1 N–H and O–H groups in total. The van der Waals surface area contributed by atoms with Crippen molar-refractivity contribution in [2.75, 3.05) is 0 Å². The minimum Gasteiger partial charge on any atom is -0.506 e. The van der Waals surface area contributed by atoms with Crippen molar-refractivity contribution >= 4 is 34.8 Å². The highest BCUT2D eigenvalue weighted by atomic mass is 32.1. The van der Waals surface area contributed by atoms with E-state index >= 15 is 0 Å². The first kappa shape index (κ1) is 17.0. The minimum atomic E-state index is -5.10. The van der Waals surface area contributed by atoms with Crippen LogP contribution < -0.4 is 0 Å². The van der Waals surface area contributed by atoms with Gasteiger partial charge in [0, 0.05) is 6.21 Å². The fourth-order valence-electron chi connectivity index (χ4n) is 1.70. The highest BCUT2D eigenvalue weighted by Crippen LogP contribution is 2.27. The summed E-state index contributed by atoms with van der Waals surface area (Å²) in [6.07, 6.45) is -4.35. The number of ketones is 1. The zero-order chi connectivity index (χ0) is 17.0. The zero-order valence-corrected chi connectivity index (χ0v) is 12.8. The van der Waals surface area contributed by atoms with Crippen molar-refractivity contribution in [3.05, 3.63) is 57.8 Å². The van der Waals surface area contributed by atoms with Crippen LogP contribution in [0, 0.1) is 6.92 Å². The van der Waals surface area contributed by atoms with Gasteiger partial charge in [0.25, 0.3) is 5.78 Å². The number of aliphatic hydroxyl groups is 1. The largest absolute Gasteiger partial charge is 0.506 e. The molecule has 0 atom stereocenters. The molecule has 0 spiro atoms. The Morgan fingerprint density at radius 3 is 2.39 bits per heavy atom. The van der Waals surface area contributed by atoms with Gasteiger partial charge in [-0.1, -0.05) is 23.8 Å². The number of aliphatic hydroxyl groups excluding tert-OH is 1. The summed E-state index contributed by atoms with van der Waals surface area (Å²) in [4.78, 5) is 15.6.